The van der Waals surface area contributed by atoms with Crippen LogP contribution >= 0.6 is 0 Å². The number of sulfonamides is 1. The third-order valence-electron chi connectivity index (χ3n) is 2.37. The van der Waals surface area contributed by atoms with Crippen molar-refractivity contribution in [2.45, 2.75) is 45.4 Å². The van der Waals surface area contributed by atoms with Gasteiger partial charge in [-0.2, -0.15) is 0 Å². The smallest absolute Gasteiger partial charge is 0.213 e. The normalized spacial score (nSPS) is 12.4. The zero-order valence-electron chi connectivity index (χ0n) is 10.7. The van der Waals surface area contributed by atoms with Crippen molar-refractivity contribution in [3.8, 4) is 0 Å². The molecule has 0 bridgehead atoms. The lowest BCUT2D eigenvalue weighted by Crippen LogP contribution is -2.28. The molecule has 0 spiro atoms. The third-order valence-corrected chi connectivity index (χ3v) is 3.73. The molecule has 0 aliphatic heterocycles. The number of allylic oxidation sites excluding steroid dienone is 2. The molecule has 0 saturated carbocycles. The summed E-state index contributed by atoms with van der Waals surface area (Å²) in [5.74, 6) is -0.208. The summed E-state index contributed by atoms with van der Waals surface area (Å²) in [4.78, 5) is 0. The first-order valence-corrected chi connectivity index (χ1v) is 8.01. The van der Waals surface area contributed by atoms with Crippen LogP contribution in [0.2, 0.25) is 0 Å². The fraction of sp³-hybridized carbons (Fsp3) is 0.833. The topological polar surface area (TPSA) is 66.4 Å². The van der Waals surface area contributed by atoms with Gasteiger partial charge in [-0.05, 0) is 25.7 Å². The van der Waals surface area contributed by atoms with Gasteiger partial charge >= 0.3 is 0 Å². The maximum Gasteiger partial charge on any atom is 0.213 e. The maximum atomic E-state index is 11.1. The Morgan fingerprint density at radius 1 is 1.12 bits per heavy atom. The second-order valence-electron chi connectivity index (χ2n) is 4.05. The molecule has 0 amide bonds. The molecule has 17 heavy (non-hydrogen) atoms. The lowest BCUT2D eigenvalue weighted by molar-refractivity contribution is 0.319. The van der Waals surface area contributed by atoms with Gasteiger partial charge in [0.1, 0.15) is 0 Å². The van der Waals surface area contributed by atoms with E-state index in [1.54, 1.807) is 0 Å². The Balaban J connectivity index is 3.40. The van der Waals surface area contributed by atoms with Gasteiger partial charge < -0.3 is 5.11 Å². The molecule has 0 saturated heterocycles. The highest BCUT2D eigenvalue weighted by Crippen LogP contribution is 2.01. The molecule has 0 rings (SSSR count). The first kappa shape index (κ1) is 16.6. The van der Waals surface area contributed by atoms with E-state index in [2.05, 4.69) is 23.8 Å². The van der Waals surface area contributed by atoms with E-state index in [1.807, 2.05) is 0 Å². The minimum atomic E-state index is -3.26. The Bertz CT molecular complexity index is 286. The van der Waals surface area contributed by atoms with Crippen LogP contribution in [0.3, 0.4) is 0 Å². The minimum absolute atomic E-state index is 0.208. The Kier molecular flexibility index (Phi) is 10.5. The first-order valence-electron chi connectivity index (χ1n) is 6.35. The summed E-state index contributed by atoms with van der Waals surface area (Å²) < 4.78 is 24.7. The molecule has 0 fully saturated rings. The van der Waals surface area contributed by atoms with E-state index in [9.17, 15) is 8.42 Å². The lowest BCUT2D eigenvalue weighted by atomic mass is 10.2. The zero-order chi connectivity index (χ0) is 13.0. The van der Waals surface area contributed by atoms with E-state index in [1.165, 1.54) is 19.3 Å². The van der Waals surface area contributed by atoms with Crippen LogP contribution in [-0.2, 0) is 10.0 Å². The summed E-state index contributed by atoms with van der Waals surface area (Å²) in [7, 11) is -3.26. The molecular formula is C12H25NO3S. The molecular weight excluding hydrogens is 238 g/mol. The summed E-state index contributed by atoms with van der Waals surface area (Å²) in [6, 6.07) is 0. The maximum absolute atomic E-state index is 11.1. The quantitative estimate of drug-likeness (QED) is 0.441. The molecule has 0 atom stereocenters. The molecule has 0 aromatic heterocycles. The third kappa shape index (κ3) is 11.9. The van der Waals surface area contributed by atoms with E-state index in [0.717, 1.165) is 19.3 Å². The van der Waals surface area contributed by atoms with Crippen LogP contribution in [0.25, 0.3) is 0 Å². The van der Waals surface area contributed by atoms with Crippen molar-refractivity contribution in [2.75, 3.05) is 18.9 Å². The van der Waals surface area contributed by atoms with Crippen LogP contribution in [0, 0.1) is 0 Å². The van der Waals surface area contributed by atoms with Crippen molar-refractivity contribution < 1.29 is 13.5 Å². The molecule has 0 aliphatic carbocycles. The van der Waals surface area contributed by atoms with Crippen LogP contribution < -0.4 is 4.72 Å². The molecule has 5 heteroatoms. The summed E-state index contributed by atoms with van der Waals surface area (Å²) in [6.07, 6.45) is 10.8. The summed E-state index contributed by atoms with van der Waals surface area (Å²) >= 11 is 0. The van der Waals surface area contributed by atoms with Gasteiger partial charge in [-0.25, -0.2) is 13.1 Å². The molecule has 0 radical (unpaired) electrons. The van der Waals surface area contributed by atoms with Gasteiger partial charge in [0.15, 0.2) is 0 Å². The highest BCUT2D eigenvalue weighted by atomic mass is 32.2. The molecule has 0 heterocycles. The van der Waals surface area contributed by atoms with Gasteiger partial charge in [-0.1, -0.05) is 31.9 Å². The van der Waals surface area contributed by atoms with Crippen molar-refractivity contribution in [3.63, 3.8) is 0 Å². The van der Waals surface area contributed by atoms with Gasteiger partial charge in [0.25, 0.3) is 0 Å². The first-order chi connectivity index (χ1) is 8.12. The number of hydrogen-bond donors (Lipinski definition) is 2. The number of aliphatic hydroxyl groups is 1. The van der Waals surface area contributed by atoms with Crippen LogP contribution in [0.4, 0.5) is 0 Å². The van der Waals surface area contributed by atoms with Gasteiger partial charge in [0.05, 0.1) is 12.4 Å². The average molecular weight is 263 g/mol. The van der Waals surface area contributed by atoms with Crippen molar-refractivity contribution >= 4 is 10.0 Å². The van der Waals surface area contributed by atoms with Crippen LogP contribution in [-0.4, -0.2) is 32.4 Å². The fourth-order valence-electron chi connectivity index (χ4n) is 1.39. The van der Waals surface area contributed by atoms with Crippen molar-refractivity contribution in [1.82, 2.24) is 4.72 Å². The van der Waals surface area contributed by atoms with E-state index < -0.39 is 10.0 Å². The lowest BCUT2D eigenvalue weighted by Gasteiger charge is -2.03. The second kappa shape index (κ2) is 10.7. The van der Waals surface area contributed by atoms with Crippen LogP contribution in [0.15, 0.2) is 12.2 Å². The van der Waals surface area contributed by atoms with E-state index in [0.29, 0.717) is 6.54 Å². The van der Waals surface area contributed by atoms with E-state index in [-0.39, 0.29) is 12.4 Å². The van der Waals surface area contributed by atoms with Crippen LogP contribution in [0.1, 0.15) is 45.4 Å². The minimum Gasteiger partial charge on any atom is -0.395 e. The largest absolute Gasteiger partial charge is 0.395 e. The Labute approximate surface area is 105 Å². The van der Waals surface area contributed by atoms with E-state index >= 15 is 0 Å². The Morgan fingerprint density at radius 2 is 1.76 bits per heavy atom. The molecule has 2 N–H and O–H groups in total. The molecule has 0 aromatic rings. The number of nitrogens with one attached hydrogen (secondary N) is 1. The van der Waals surface area contributed by atoms with Gasteiger partial charge in [-0.3, -0.25) is 0 Å². The Morgan fingerprint density at radius 3 is 2.35 bits per heavy atom. The van der Waals surface area contributed by atoms with Gasteiger partial charge in [-0.15, -0.1) is 0 Å². The molecule has 4 nitrogen and oxygen atoms in total. The molecule has 0 aliphatic rings. The number of rotatable bonds is 11. The van der Waals surface area contributed by atoms with Crippen molar-refractivity contribution in [3.05, 3.63) is 12.2 Å². The van der Waals surface area contributed by atoms with Gasteiger partial charge in [0, 0.05) is 6.54 Å². The number of hydrogen-bond acceptors (Lipinski definition) is 3. The molecule has 0 aromatic carbocycles. The zero-order valence-corrected chi connectivity index (χ0v) is 11.5. The number of aliphatic hydroxyl groups excluding tert-OH is 1. The highest BCUT2D eigenvalue weighted by molar-refractivity contribution is 7.89. The summed E-state index contributed by atoms with van der Waals surface area (Å²) in [5, 5.41) is 8.52. The standard InChI is InChI=1S/C12H25NO3S/c1-2-3-4-5-6-7-8-9-10-13-17(15,16)12-11-14/h6-7,13-14H,2-5,8-12H2,1H3/b7-6+. The van der Waals surface area contributed by atoms with Crippen LogP contribution in [0.5, 0.6) is 0 Å². The molecule has 0 unspecified atom stereocenters. The predicted molar refractivity (Wildman–Crippen MR) is 71.4 cm³/mol. The van der Waals surface area contributed by atoms with E-state index in [4.69, 9.17) is 5.11 Å². The number of unbranched alkanes of at least 4 members (excludes halogenated alkanes) is 4. The Hall–Kier alpha value is -0.390. The summed E-state index contributed by atoms with van der Waals surface area (Å²) in [6.45, 7) is 2.30. The SMILES string of the molecule is CCCCC/C=C/CCCNS(=O)(=O)CCO. The van der Waals surface area contributed by atoms with Crippen molar-refractivity contribution in [1.29, 1.82) is 0 Å². The molecule has 102 valence electrons. The monoisotopic (exact) mass is 263 g/mol. The average Bonchev–Trinajstić information content (AvgIpc) is 2.27. The second-order valence-corrected chi connectivity index (χ2v) is 5.97. The highest BCUT2D eigenvalue weighted by Gasteiger charge is 2.06. The predicted octanol–water partition coefficient (Wildman–Crippen LogP) is 1.81. The van der Waals surface area contributed by atoms with Gasteiger partial charge in [0.2, 0.25) is 10.0 Å². The summed E-state index contributed by atoms with van der Waals surface area (Å²) in [5.41, 5.74) is 0. The fourth-order valence-corrected chi connectivity index (χ4v) is 2.23. The van der Waals surface area contributed by atoms with Crippen molar-refractivity contribution in [2.24, 2.45) is 0 Å².